The van der Waals surface area contributed by atoms with Crippen molar-refractivity contribution in [1.82, 2.24) is 0 Å². The minimum Gasteiger partial charge on any atom is -0.393 e. The van der Waals surface area contributed by atoms with Gasteiger partial charge < -0.3 is 10.2 Å². The first-order chi connectivity index (χ1) is 7.66. The summed E-state index contributed by atoms with van der Waals surface area (Å²) >= 11 is 0. The van der Waals surface area contributed by atoms with Crippen LogP contribution in [-0.2, 0) is 0 Å². The maximum Gasteiger partial charge on any atom is 0.0540 e. The van der Waals surface area contributed by atoms with Gasteiger partial charge in [0.05, 0.1) is 12.2 Å². The summed E-state index contributed by atoms with van der Waals surface area (Å²) in [5.74, 6) is 2.44. The molecule has 0 aromatic carbocycles. The minimum absolute atomic E-state index is 0.0309. The van der Waals surface area contributed by atoms with Crippen LogP contribution in [0.2, 0.25) is 0 Å². The van der Waals surface area contributed by atoms with E-state index < -0.39 is 0 Å². The van der Waals surface area contributed by atoms with Gasteiger partial charge in [0.15, 0.2) is 0 Å². The van der Waals surface area contributed by atoms with Gasteiger partial charge in [0.2, 0.25) is 0 Å². The van der Waals surface area contributed by atoms with E-state index in [1.165, 1.54) is 25.7 Å². The fourth-order valence-corrected chi connectivity index (χ4v) is 3.64. The van der Waals surface area contributed by atoms with Gasteiger partial charge in [-0.1, -0.05) is 6.92 Å². The van der Waals surface area contributed by atoms with E-state index in [4.69, 9.17) is 0 Å². The van der Waals surface area contributed by atoms with Gasteiger partial charge in [0, 0.05) is 0 Å². The maximum absolute atomic E-state index is 9.52. The molecule has 2 heteroatoms. The van der Waals surface area contributed by atoms with Crippen LogP contribution < -0.4 is 0 Å². The smallest absolute Gasteiger partial charge is 0.0540 e. The molecule has 0 aromatic rings. The second kappa shape index (κ2) is 5.50. The summed E-state index contributed by atoms with van der Waals surface area (Å²) in [7, 11) is 0. The number of hydrogen-bond donors (Lipinski definition) is 2. The first-order valence-electron chi connectivity index (χ1n) is 7.03. The Kier molecular flexibility index (Phi) is 4.26. The second-order valence-corrected chi connectivity index (χ2v) is 6.00. The molecule has 0 heterocycles. The Bertz CT molecular complexity index is 179. The first-order valence-corrected chi connectivity index (χ1v) is 7.03. The van der Waals surface area contributed by atoms with Crippen LogP contribution in [0.1, 0.15) is 58.3 Å². The molecule has 2 fully saturated rings. The van der Waals surface area contributed by atoms with Crippen molar-refractivity contribution >= 4 is 0 Å². The van der Waals surface area contributed by atoms with Crippen LogP contribution in [0.15, 0.2) is 0 Å². The van der Waals surface area contributed by atoms with Crippen molar-refractivity contribution in [3.05, 3.63) is 0 Å². The maximum atomic E-state index is 9.52. The molecule has 2 aliphatic rings. The molecule has 2 N–H and O–H groups in total. The average Bonchev–Trinajstić information content (AvgIpc) is 2.30. The van der Waals surface area contributed by atoms with E-state index in [1.54, 1.807) is 0 Å². The topological polar surface area (TPSA) is 40.5 Å². The number of aliphatic hydroxyl groups excluding tert-OH is 2. The quantitative estimate of drug-likeness (QED) is 0.760. The Labute approximate surface area is 99.1 Å². The van der Waals surface area contributed by atoms with Gasteiger partial charge in [-0.15, -0.1) is 0 Å². The van der Waals surface area contributed by atoms with Gasteiger partial charge in [0.25, 0.3) is 0 Å². The van der Waals surface area contributed by atoms with Crippen LogP contribution in [0.4, 0.5) is 0 Å². The monoisotopic (exact) mass is 226 g/mol. The van der Waals surface area contributed by atoms with Crippen molar-refractivity contribution < 1.29 is 10.2 Å². The van der Waals surface area contributed by atoms with Gasteiger partial charge in [-0.3, -0.25) is 0 Å². The van der Waals surface area contributed by atoms with Crippen LogP contribution >= 0.6 is 0 Å². The molecule has 0 aliphatic heterocycles. The van der Waals surface area contributed by atoms with Crippen molar-refractivity contribution in [2.45, 2.75) is 70.5 Å². The molecule has 0 radical (unpaired) electrons. The zero-order valence-electron chi connectivity index (χ0n) is 10.4. The number of hydrogen-bond acceptors (Lipinski definition) is 2. The molecule has 0 bridgehead atoms. The van der Waals surface area contributed by atoms with E-state index >= 15 is 0 Å². The molecule has 2 nitrogen and oxygen atoms in total. The molecule has 0 unspecified atom stereocenters. The van der Waals surface area contributed by atoms with Gasteiger partial charge in [-0.2, -0.15) is 0 Å². The summed E-state index contributed by atoms with van der Waals surface area (Å²) < 4.78 is 0. The molecule has 0 aromatic heterocycles. The van der Waals surface area contributed by atoms with Crippen LogP contribution in [0.25, 0.3) is 0 Å². The van der Waals surface area contributed by atoms with Crippen molar-refractivity contribution in [2.24, 2.45) is 17.8 Å². The lowest BCUT2D eigenvalue weighted by molar-refractivity contribution is 0.0523. The molecule has 16 heavy (non-hydrogen) atoms. The van der Waals surface area contributed by atoms with Gasteiger partial charge in [-0.25, -0.2) is 0 Å². The SMILES string of the molecule is CC(C1CCC(O)CC1)C1CCC(O)CC1. The van der Waals surface area contributed by atoms with Crippen LogP contribution in [0.5, 0.6) is 0 Å². The highest BCUT2D eigenvalue weighted by atomic mass is 16.3. The van der Waals surface area contributed by atoms with E-state index in [0.29, 0.717) is 0 Å². The Balaban J connectivity index is 1.80. The Morgan fingerprint density at radius 1 is 0.688 bits per heavy atom. The van der Waals surface area contributed by atoms with E-state index in [9.17, 15) is 10.2 Å². The molecular weight excluding hydrogens is 200 g/mol. The lowest BCUT2D eigenvalue weighted by atomic mass is 9.70. The normalized spacial score (nSPS) is 42.9. The van der Waals surface area contributed by atoms with Gasteiger partial charge in [-0.05, 0) is 69.1 Å². The highest BCUT2D eigenvalue weighted by Crippen LogP contribution is 2.39. The minimum atomic E-state index is -0.0309. The molecule has 0 atom stereocenters. The van der Waals surface area contributed by atoms with E-state index in [2.05, 4.69) is 6.92 Å². The summed E-state index contributed by atoms with van der Waals surface area (Å²) in [6.07, 6.45) is 8.79. The van der Waals surface area contributed by atoms with Crippen molar-refractivity contribution in [1.29, 1.82) is 0 Å². The zero-order valence-corrected chi connectivity index (χ0v) is 10.4. The molecule has 2 rings (SSSR count). The third kappa shape index (κ3) is 2.98. The van der Waals surface area contributed by atoms with Crippen LogP contribution in [0, 0.1) is 17.8 Å². The van der Waals surface area contributed by atoms with Gasteiger partial charge in [0.1, 0.15) is 0 Å². The number of rotatable bonds is 2. The number of aliphatic hydroxyl groups is 2. The highest BCUT2D eigenvalue weighted by Gasteiger charge is 2.31. The second-order valence-electron chi connectivity index (χ2n) is 6.00. The summed E-state index contributed by atoms with van der Waals surface area (Å²) in [6.45, 7) is 2.39. The Hall–Kier alpha value is -0.0800. The fourth-order valence-electron chi connectivity index (χ4n) is 3.64. The standard InChI is InChI=1S/C14H26O2/c1-10(11-2-6-13(15)7-3-11)12-4-8-14(16)9-5-12/h10-16H,2-9H2,1H3. The molecule has 2 saturated carbocycles. The summed E-state index contributed by atoms with van der Waals surface area (Å²) in [4.78, 5) is 0. The predicted molar refractivity (Wildman–Crippen MR) is 65.1 cm³/mol. The molecular formula is C14H26O2. The first kappa shape index (κ1) is 12.4. The fraction of sp³-hybridized carbons (Fsp3) is 1.00. The summed E-state index contributed by atoms with van der Waals surface area (Å²) in [5.41, 5.74) is 0. The van der Waals surface area contributed by atoms with Crippen LogP contribution in [-0.4, -0.2) is 22.4 Å². The lowest BCUT2D eigenvalue weighted by Crippen LogP contribution is -2.30. The largest absolute Gasteiger partial charge is 0.393 e. The van der Waals surface area contributed by atoms with Crippen molar-refractivity contribution in [3.8, 4) is 0 Å². The predicted octanol–water partition coefficient (Wildman–Crippen LogP) is 2.72. The molecule has 0 amide bonds. The summed E-state index contributed by atoms with van der Waals surface area (Å²) in [5, 5.41) is 19.0. The van der Waals surface area contributed by atoms with Crippen molar-refractivity contribution in [2.75, 3.05) is 0 Å². The highest BCUT2D eigenvalue weighted by molar-refractivity contribution is 4.82. The third-order valence-electron chi connectivity index (χ3n) is 4.97. The van der Waals surface area contributed by atoms with Gasteiger partial charge >= 0.3 is 0 Å². The van der Waals surface area contributed by atoms with Crippen molar-refractivity contribution in [3.63, 3.8) is 0 Å². The summed E-state index contributed by atoms with van der Waals surface area (Å²) in [6, 6.07) is 0. The van der Waals surface area contributed by atoms with E-state index in [0.717, 1.165) is 43.4 Å². The Morgan fingerprint density at radius 3 is 1.31 bits per heavy atom. The molecule has 0 saturated heterocycles. The molecule has 2 aliphatic carbocycles. The Morgan fingerprint density at radius 2 is 1.00 bits per heavy atom. The zero-order chi connectivity index (χ0) is 11.5. The third-order valence-corrected chi connectivity index (χ3v) is 4.97. The lowest BCUT2D eigenvalue weighted by Gasteiger charge is -2.37. The molecule has 94 valence electrons. The molecule has 0 spiro atoms. The van der Waals surface area contributed by atoms with Crippen LogP contribution in [0.3, 0.4) is 0 Å². The van der Waals surface area contributed by atoms with E-state index in [1.807, 2.05) is 0 Å². The average molecular weight is 226 g/mol. The van der Waals surface area contributed by atoms with E-state index in [-0.39, 0.29) is 12.2 Å².